The van der Waals surface area contributed by atoms with Crippen LogP contribution in [0, 0.1) is 5.92 Å². The third-order valence-corrected chi connectivity index (χ3v) is 3.97. The summed E-state index contributed by atoms with van der Waals surface area (Å²) < 4.78 is 5.46. The van der Waals surface area contributed by atoms with E-state index in [9.17, 15) is 4.79 Å². The van der Waals surface area contributed by atoms with Crippen LogP contribution in [0.25, 0.3) is 0 Å². The summed E-state index contributed by atoms with van der Waals surface area (Å²) in [5.74, 6) is 0.430. The minimum absolute atomic E-state index is 0.206. The molecule has 0 spiro atoms. The third kappa shape index (κ3) is 4.70. The number of carbonyl (C=O) groups excluding carboxylic acids is 1. The number of nitrogens with one attached hydrogen (secondary N) is 1. The van der Waals surface area contributed by atoms with Crippen molar-refractivity contribution in [2.45, 2.75) is 45.3 Å². The van der Waals surface area contributed by atoms with E-state index >= 15 is 0 Å². The van der Waals surface area contributed by atoms with Crippen LogP contribution < -0.4 is 5.32 Å². The predicted molar refractivity (Wildman–Crippen MR) is 86.7 cm³/mol. The Morgan fingerprint density at radius 2 is 2.27 bits per heavy atom. The van der Waals surface area contributed by atoms with Crippen LogP contribution in [0.3, 0.4) is 0 Å². The number of likely N-dealkylation sites (tertiary alicyclic amines) is 1. The smallest absolute Gasteiger partial charge is 0.410 e. The zero-order valence-electron chi connectivity index (χ0n) is 14.0. The van der Waals surface area contributed by atoms with Crippen molar-refractivity contribution in [3.63, 3.8) is 0 Å². The maximum atomic E-state index is 12.1. The van der Waals surface area contributed by atoms with E-state index in [1.807, 2.05) is 57.1 Å². The van der Waals surface area contributed by atoms with E-state index in [0.29, 0.717) is 12.0 Å². The molecule has 0 aromatic carbocycles. The second-order valence-corrected chi connectivity index (χ2v) is 6.90. The molecule has 1 amide bonds. The highest BCUT2D eigenvalue weighted by Crippen LogP contribution is 2.23. The van der Waals surface area contributed by atoms with Gasteiger partial charge in [0.25, 0.3) is 0 Å². The molecule has 0 saturated carbocycles. The van der Waals surface area contributed by atoms with Crippen LogP contribution in [0.5, 0.6) is 0 Å². The van der Waals surface area contributed by atoms with Crippen LogP contribution in [-0.4, -0.2) is 47.8 Å². The fourth-order valence-electron chi connectivity index (χ4n) is 2.86. The first-order valence-corrected chi connectivity index (χ1v) is 7.94. The SMILES string of the molecule is CNC(Cc1ccccn1)C1CCN(C(=O)OC(C)(C)C)C1. The van der Waals surface area contributed by atoms with E-state index in [4.69, 9.17) is 4.74 Å². The van der Waals surface area contributed by atoms with Gasteiger partial charge in [0.1, 0.15) is 5.60 Å². The molecular weight excluding hydrogens is 278 g/mol. The van der Waals surface area contributed by atoms with Crippen LogP contribution in [0.15, 0.2) is 24.4 Å². The highest BCUT2D eigenvalue weighted by molar-refractivity contribution is 5.68. The highest BCUT2D eigenvalue weighted by Gasteiger charge is 2.33. The molecule has 1 aromatic rings. The summed E-state index contributed by atoms with van der Waals surface area (Å²) in [5.41, 5.74) is 0.642. The Bertz CT molecular complexity index is 484. The zero-order chi connectivity index (χ0) is 16.2. The minimum atomic E-state index is -0.439. The lowest BCUT2D eigenvalue weighted by Gasteiger charge is -2.26. The van der Waals surface area contributed by atoms with Gasteiger partial charge in [-0.15, -0.1) is 0 Å². The van der Waals surface area contributed by atoms with Gasteiger partial charge in [-0.2, -0.15) is 0 Å². The number of nitrogens with zero attached hydrogens (tertiary/aromatic N) is 2. The molecule has 1 aromatic heterocycles. The van der Waals surface area contributed by atoms with E-state index in [-0.39, 0.29) is 6.09 Å². The fourth-order valence-corrected chi connectivity index (χ4v) is 2.86. The molecule has 0 bridgehead atoms. The first-order valence-electron chi connectivity index (χ1n) is 7.94. The molecule has 1 aliphatic heterocycles. The lowest BCUT2D eigenvalue weighted by molar-refractivity contribution is 0.0285. The molecule has 2 atom stereocenters. The van der Waals surface area contributed by atoms with E-state index in [0.717, 1.165) is 31.6 Å². The molecule has 2 unspecified atom stereocenters. The van der Waals surface area contributed by atoms with Crippen LogP contribution >= 0.6 is 0 Å². The molecule has 1 saturated heterocycles. The summed E-state index contributed by atoms with van der Waals surface area (Å²) in [6.07, 6.45) is 3.49. The van der Waals surface area contributed by atoms with Gasteiger partial charge >= 0.3 is 6.09 Å². The normalized spacial score (nSPS) is 20.0. The number of aromatic nitrogens is 1. The molecule has 1 aliphatic rings. The Labute approximate surface area is 133 Å². The molecule has 2 rings (SSSR count). The molecule has 0 aliphatic carbocycles. The van der Waals surface area contributed by atoms with Gasteiger partial charge in [-0.1, -0.05) is 6.07 Å². The average molecular weight is 305 g/mol. The molecule has 5 nitrogen and oxygen atoms in total. The van der Waals surface area contributed by atoms with Crippen molar-refractivity contribution in [3.05, 3.63) is 30.1 Å². The fraction of sp³-hybridized carbons (Fsp3) is 0.647. The molecule has 5 heteroatoms. The maximum absolute atomic E-state index is 12.1. The van der Waals surface area contributed by atoms with E-state index < -0.39 is 5.60 Å². The van der Waals surface area contributed by atoms with Crippen molar-refractivity contribution in [2.24, 2.45) is 5.92 Å². The van der Waals surface area contributed by atoms with E-state index in [1.165, 1.54) is 0 Å². The molecular formula is C17H27N3O2. The Hall–Kier alpha value is -1.62. The predicted octanol–water partition coefficient (Wildman–Crippen LogP) is 2.47. The van der Waals surface area contributed by atoms with Gasteiger partial charge < -0.3 is 15.0 Å². The maximum Gasteiger partial charge on any atom is 0.410 e. The van der Waals surface area contributed by atoms with Crippen LogP contribution in [-0.2, 0) is 11.2 Å². The van der Waals surface area contributed by atoms with Crippen molar-refractivity contribution in [1.82, 2.24) is 15.2 Å². The second kappa shape index (κ2) is 7.09. The lowest BCUT2D eigenvalue weighted by Crippen LogP contribution is -2.39. The largest absolute Gasteiger partial charge is 0.444 e. The quantitative estimate of drug-likeness (QED) is 0.928. The summed E-state index contributed by atoms with van der Waals surface area (Å²) in [5, 5.41) is 3.38. The summed E-state index contributed by atoms with van der Waals surface area (Å²) in [6, 6.07) is 6.31. The monoisotopic (exact) mass is 305 g/mol. The number of carbonyl (C=O) groups is 1. The van der Waals surface area contributed by atoms with Gasteiger partial charge in [0.05, 0.1) is 0 Å². The minimum Gasteiger partial charge on any atom is -0.444 e. The highest BCUT2D eigenvalue weighted by atomic mass is 16.6. The zero-order valence-corrected chi connectivity index (χ0v) is 14.0. The van der Waals surface area contributed by atoms with Gasteiger partial charge in [-0.05, 0) is 52.3 Å². The summed E-state index contributed by atoms with van der Waals surface area (Å²) >= 11 is 0. The van der Waals surface area contributed by atoms with E-state index in [1.54, 1.807) is 0 Å². The molecule has 1 fully saturated rings. The van der Waals surface area contributed by atoms with Crippen molar-refractivity contribution < 1.29 is 9.53 Å². The summed E-state index contributed by atoms with van der Waals surface area (Å²) in [6.45, 7) is 7.20. The average Bonchev–Trinajstić information content (AvgIpc) is 2.94. The Morgan fingerprint density at radius 3 is 2.86 bits per heavy atom. The second-order valence-electron chi connectivity index (χ2n) is 6.90. The molecule has 22 heavy (non-hydrogen) atoms. The van der Waals surface area contributed by atoms with Gasteiger partial charge in [-0.25, -0.2) is 4.79 Å². The number of rotatable bonds is 4. The first kappa shape index (κ1) is 16.7. The number of amides is 1. The Balaban J connectivity index is 1.91. The van der Waals surface area contributed by atoms with Crippen molar-refractivity contribution in [3.8, 4) is 0 Å². The third-order valence-electron chi connectivity index (χ3n) is 3.97. The first-order chi connectivity index (χ1) is 10.4. The van der Waals surface area contributed by atoms with Crippen molar-refractivity contribution in [1.29, 1.82) is 0 Å². The number of pyridine rings is 1. The van der Waals surface area contributed by atoms with E-state index in [2.05, 4.69) is 10.3 Å². The number of hydrogen-bond acceptors (Lipinski definition) is 4. The van der Waals surface area contributed by atoms with Gasteiger partial charge in [-0.3, -0.25) is 4.98 Å². The van der Waals surface area contributed by atoms with Crippen LogP contribution in [0.4, 0.5) is 4.79 Å². The van der Waals surface area contributed by atoms with Crippen LogP contribution in [0.1, 0.15) is 32.9 Å². The standard InChI is InChI=1S/C17H27N3O2/c1-17(2,3)22-16(21)20-10-8-13(12-20)15(18-4)11-14-7-5-6-9-19-14/h5-7,9,13,15,18H,8,10-12H2,1-4H3. The van der Waals surface area contributed by atoms with Crippen LogP contribution in [0.2, 0.25) is 0 Å². The van der Waals surface area contributed by atoms with Gasteiger partial charge in [0, 0.05) is 37.4 Å². The Kier molecular flexibility index (Phi) is 5.40. The van der Waals surface area contributed by atoms with Gasteiger partial charge in [0.15, 0.2) is 0 Å². The molecule has 0 radical (unpaired) electrons. The summed E-state index contributed by atoms with van der Waals surface area (Å²) in [7, 11) is 1.98. The topological polar surface area (TPSA) is 54.5 Å². The Morgan fingerprint density at radius 1 is 1.50 bits per heavy atom. The number of ether oxygens (including phenoxy) is 1. The van der Waals surface area contributed by atoms with Crippen molar-refractivity contribution >= 4 is 6.09 Å². The molecule has 2 heterocycles. The molecule has 122 valence electrons. The van der Waals surface area contributed by atoms with Crippen molar-refractivity contribution in [2.75, 3.05) is 20.1 Å². The summed E-state index contributed by atoms with van der Waals surface area (Å²) in [4.78, 5) is 18.4. The number of likely N-dealkylation sites (N-methyl/N-ethyl adjacent to an activating group) is 1. The lowest BCUT2D eigenvalue weighted by atomic mass is 9.95. The molecule has 1 N–H and O–H groups in total. The van der Waals surface area contributed by atoms with Gasteiger partial charge in [0.2, 0.25) is 0 Å². The number of hydrogen-bond donors (Lipinski definition) is 1.